The molecule has 28 heavy (non-hydrogen) atoms. The van der Waals surface area contributed by atoms with E-state index in [1.165, 1.54) is 13.0 Å². The quantitative estimate of drug-likeness (QED) is 0.610. The molecule has 1 aliphatic heterocycles. The number of benzene rings is 2. The zero-order valence-corrected chi connectivity index (χ0v) is 15.6. The van der Waals surface area contributed by atoms with E-state index in [2.05, 4.69) is 5.32 Å². The van der Waals surface area contributed by atoms with Crippen molar-refractivity contribution in [3.63, 3.8) is 0 Å². The number of amides is 1. The number of carbonyl (C=O) groups excluding carboxylic acids is 2. The third kappa shape index (κ3) is 5.03. The third-order valence-electron chi connectivity index (χ3n) is 3.98. The lowest BCUT2D eigenvalue weighted by atomic mass is 10.2. The van der Waals surface area contributed by atoms with Gasteiger partial charge in [-0.05, 0) is 42.8 Å². The Hall–Kier alpha value is -3.48. The van der Waals surface area contributed by atoms with Crippen molar-refractivity contribution < 1.29 is 28.5 Å². The lowest BCUT2D eigenvalue weighted by Gasteiger charge is -2.18. The smallest absolute Gasteiger partial charge is 0.331 e. The Kier molecular flexibility index (Phi) is 6.16. The van der Waals surface area contributed by atoms with Crippen LogP contribution in [0.5, 0.6) is 17.2 Å². The number of hydrogen-bond acceptors (Lipinski definition) is 6. The SMILES string of the molecule is COc1cccc(NC(=O)[C@@H](C)OC(=O)/C=C/c2ccc3c(c2)OCCO3)c1. The number of ether oxygens (including phenoxy) is 4. The summed E-state index contributed by atoms with van der Waals surface area (Å²) in [6.45, 7) is 2.51. The molecule has 1 amide bonds. The zero-order valence-electron chi connectivity index (χ0n) is 15.6. The van der Waals surface area contributed by atoms with E-state index in [1.807, 2.05) is 0 Å². The topological polar surface area (TPSA) is 83.1 Å². The Morgan fingerprint density at radius 1 is 1.11 bits per heavy atom. The van der Waals surface area contributed by atoms with E-state index >= 15 is 0 Å². The van der Waals surface area contributed by atoms with Crippen LogP contribution in [0.4, 0.5) is 5.69 Å². The predicted octanol–water partition coefficient (Wildman–Crippen LogP) is 3.05. The predicted molar refractivity (Wildman–Crippen MR) is 104 cm³/mol. The molecule has 0 unspecified atom stereocenters. The highest BCUT2D eigenvalue weighted by atomic mass is 16.6. The van der Waals surface area contributed by atoms with Crippen LogP contribution in [-0.2, 0) is 14.3 Å². The molecule has 7 heteroatoms. The van der Waals surface area contributed by atoms with Gasteiger partial charge in [0.05, 0.1) is 7.11 Å². The number of fused-ring (bicyclic) bond motifs is 1. The van der Waals surface area contributed by atoms with Crippen LogP contribution in [0.15, 0.2) is 48.5 Å². The average molecular weight is 383 g/mol. The number of carbonyl (C=O) groups is 2. The molecule has 146 valence electrons. The lowest BCUT2D eigenvalue weighted by molar-refractivity contribution is -0.148. The molecule has 1 atom stereocenters. The number of anilines is 1. The number of hydrogen-bond donors (Lipinski definition) is 1. The minimum absolute atomic E-state index is 0.436. The fourth-order valence-electron chi connectivity index (χ4n) is 2.54. The van der Waals surface area contributed by atoms with Crippen LogP contribution in [0.1, 0.15) is 12.5 Å². The number of methoxy groups -OCH3 is 1. The largest absolute Gasteiger partial charge is 0.497 e. The Labute approximate surface area is 162 Å². The second kappa shape index (κ2) is 8.94. The van der Waals surface area contributed by atoms with Gasteiger partial charge in [-0.1, -0.05) is 12.1 Å². The summed E-state index contributed by atoms with van der Waals surface area (Å²) in [5, 5.41) is 2.68. The van der Waals surface area contributed by atoms with Crippen molar-refractivity contribution in [1.82, 2.24) is 0 Å². The second-order valence-electron chi connectivity index (χ2n) is 6.04. The van der Waals surface area contributed by atoms with E-state index < -0.39 is 18.0 Å². The average Bonchev–Trinajstić information content (AvgIpc) is 2.72. The van der Waals surface area contributed by atoms with E-state index in [1.54, 1.807) is 55.7 Å². The van der Waals surface area contributed by atoms with Gasteiger partial charge < -0.3 is 24.3 Å². The first-order chi connectivity index (χ1) is 13.5. The Balaban J connectivity index is 1.54. The molecule has 1 N–H and O–H groups in total. The van der Waals surface area contributed by atoms with Crippen LogP contribution >= 0.6 is 0 Å². The van der Waals surface area contributed by atoms with Crippen LogP contribution in [0.3, 0.4) is 0 Å². The molecule has 0 aliphatic carbocycles. The van der Waals surface area contributed by atoms with Gasteiger partial charge in [-0.25, -0.2) is 4.79 Å². The maximum Gasteiger partial charge on any atom is 0.331 e. The zero-order chi connectivity index (χ0) is 19.9. The van der Waals surface area contributed by atoms with Crippen molar-refractivity contribution in [3.8, 4) is 17.2 Å². The Morgan fingerprint density at radius 2 is 1.89 bits per heavy atom. The van der Waals surface area contributed by atoms with Gasteiger partial charge in [0.15, 0.2) is 17.6 Å². The van der Waals surface area contributed by atoms with Crippen molar-refractivity contribution in [3.05, 3.63) is 54.1 Å². The molecule has 2 aromatic carbocycles. The van der Waals surface area contributed by atoms with E-state index in [0.717, 1.165) is 5.56 Å². The van der Waals surface area contributed by atoms with Crippen LogP contribution in [-0.4, -0.2) is 38.3 Å². The summed E-state index contributed by atoms with van der Waals surface area (Å²) in [5.41, 5.74) is 1.31. The first-order valence-electron chi connectivity index (χ1n) is 8.78. The minimum atomic E-state index is -0.955. The standard InChI is InChI=1S/C21H21NO6/c1-14(21(24)22-16-4-3-5-17(13-16)25-2)28-20(23)9-7-15-6-8-18-19(12-15)27-11-10-26-18/h3-9,12-14H,10-11H2,1-2H3,(H,22,24)/b9-7+/t14-/m1/s1. The monoisotopic (exact) mass is 383 g/mol. The normalized spacial score (nSPS) is 13.6. The molecule has 0 saturated heterocycles. The first-order valence-corrected chi connectivity index (χ1v) is 8.78. The van der Waals surface area contributed by atoms with E-state index in [0.29, 0.717) is 36.1 Å². The molecule has 0 saturated carbocycles. The molecule has 0 bridgehead atoms. The molecule has 0 spiro atoms. The molecule has 7 nitrogen and oxygen atoms in total. The maximum atomic E-state index is 12.2. The molecule has 0 fully saturated rings. The molecule has 3 rings (SSSR count). The highest BCUT2D eigenvalue weighted by Crippen LogP contribution is 2.31. The van der Waals surface area contributed by atoms with Gasteiger partial charge in [-0.3, -0.25) is 4.79 Å². The van der Waals surface area contributed by atoms with Crippen molar-refractivity contribution >= 4 is 23.6 Å². The number of rotatable bonds is 6. The van der Waals surface area contributed by atoms with Gasteiger partial charge >= 0.3 is 5.97 Å². The van der Waals surface area contributed by atoms with Crippen molar-refractivity contribution in [1.29, 1.82) is 0 Å². The van der Waals surface area contributed by atoms with Crippen molar-refractivity contribution in [2.75, 3.05) is 25.6 Å². The van der Waals surface area contributed by atoms with Crippen LogP contribution in [0.2, 0.25) is 0 Å². The van der Waals surface area contributed by atoms with Gasteiger partial charge in [0.1, 0.15) is 19.0 Å². The fraction of sp³-hybridized carbons (Fsp3) is 0.238. The molecule has 0 radical (unpaired) electrons. The molecule has 1 aliphatic rings. The summed E-state index contributed by atoms with van der Waals surface area (Å²) in [7, 11) is 1.54. The van der Waals surface area contributed by atoms with Gasteiger partial charge in [0.25, 0.3) is 5.91 Å². The van der Waals surface area contributed by atoms with Crippen LogP contribution < -0.4 is 19.5 Å². The summed E-state index contributed by atoms with van der Waals surface area (Å²) in [4.78, 5) is 24.2. The van der Waals surface area contributed by atoms with E-state index in [9.17, 15) is 9.59 Å². The van der Waals surface area contributed by atoms with Gasteiger partial charge in [-0.2, -0.15) is 0 Å². The van der Waals surface area contributed by atoms with E-state index in [-0.39, 0.29) is 0 Å². The third-order valence-corrected chi connectivity index (χ3v) is 3.98. The number of nitrogens with one attached hydrogen (secondary N) is 1. The van der Waals surface area contributed by atoms with Gasteiger partial charge in [0, 0.05) is 17.8 Å². The Bertz CT molecular complexity index is 892. The first kappa shape index (κ1) is 19.3. The highest BCUT2D eigenvalue weighted by Gasteiger charge is 2.17. The summed E-state index contributed by atoms with van der Waals surface area (Å²) in [5.74, 6) is 0.865. The Morgan fingerprint density at radius 3 is 2.68 bits per heavy atom. The second-order valence-corrected chi connectivity index (χ2v) is 6.04. The summed E-state index contributed by atoms with van der Waals surface area (Å²) >= 11 is 0. The summed E-state index contributed by atoms with van der Waals surface area (Å²) in [6, 6.07) is 12.3. The molecule has 2 aromatic rings. The molecule has 0 aromatic heterocycles. The maximum absolute atomic E-state index is 12.2. The van der Waals surface area contributed by atoms with Crippen molar-refractivity contribution in [2.24, 2.45) is 0 Å². The number of esters is 1. The van der Waals surface area contributed by atoms with Crippen molar-refractivity contribution in [2.45, 2.75) is 13.0 Å². The van der Waals surface area contributed by atoms with Gasteiger partial charge in [-0.15, -0.1) is 0 Å². The summed E-state index contributed by atoms with van der Waals surface area (Å²) in [6.07, 6.45) is 1.90. The molecular weight excluding hydrogens is 362 g/mol. The molecular formula is C21H21NO6. The van der Waals surface area contributed by atoms with Gasteiger partial charge in [0.2, 0.25) is 0 Å². The van der Waals surface area contributed by atoms with E-state index in [4.69, 9.17) is 18.9 Å². The fourth-order valence-corrected chi connectivity index (χ4v) is 2.54. The summed E-state index contributed by atoms with van der Waals surface area (Å²) < 4.78 is 21.2. The minimum Gasteiger partial charge on any atom is -0.497 e. The lowest BCUT2D eigenvalue weighted by Crippen LogP contribution is -2.29. The van der Waals surface area contributed by atoms with Crippen LogP contribution in [0.25, 0.3) is 6.08 Å². The highest BCUT2D eigenvalue weighted by molar-refractivity contribution is 5.96. The molecule has 1 heterocycles. The van der Waals surface area contributed by atoms with Crippen LogP contribution in [0, 0.1) is 0 Å².